The van der Waals surface area contributed by atoms with Gasteiger partial charge in [0, 0.05) is 16.2 Å². The minimum atomic E-state index is -1.75. The van der Waals surface area contributed by atoms with Gasteiger partial charge in [-0.25, -0.2) is 0 Å². The highest BCUT2D eigenvalue weighted by atomic mass is 79.9. The second-order valence-corrected chi connectivity index (χ2v) is 13.3. The summed E-state index contributed by atoms with van der Waals surface area (Å²) in [6.07, 6.45) is 1.78. The first-order valence-corrected chi connectivity index (χ1v) is 12.0. The molecule has 0 bridgehead atoms. The summed E-state index contributed by atoms with van der Waals surface area (Å²) in [7, 11) is -1.75. The third kappa shape index (κ3) is 4.62. The van der Waals surface area contributed by atoms with Crippen LogP contribution in [0.4, 0.5) is 0 Å². The molecule has 0 aliphatic heterocycles. The standard InChI is InChI=1S/C17H24BrClN2O2Si/c1-17(2,3)24(4,5)23-9-8-22-16-10-12(13(18)11-14(16)19)15-6-7-20-21-15/h6-7,10-11H,8-9H2,1-5H3,(H,20,21). The van der Waals surface area contributed by atoms with Crippen LogP contribution in [0.5, 0.6) is 5.75 Å². The SMILES string of the molecule is CC(C)(C)[Si](C)(C)OCCOc1cc(-c2cc[nH]n2)c(Br)cc1Cl. The van der Waals surface area contributed by atoms with Crippen LogP contribution in [0.1, 0.15) is 20.8 Å². The lowest BCUT2D eigenvalue weighted by Crippen LogP contribution is -2.41. The number of aromatic nitrogens is 2. The van der Waals surface area contributed by atoms with Gasteiger partial charge in [0.15, 0.2) is 8.32 Å². The summed E-state index contributed by atoms with van der Waals surface area (Å²) in [4.78, 5) is 0. The summed E-state index contributed by atoms with van der Waals surface area (Å²) < 4.78 is 12.9. The van der Waals surface area contributed by atoms with Crippen LogP contribution in [0.25, 0.3) is 11.3 Å². The zero-order chi connectivity index (χ0) is 18.0. The fourth-order valence-electron chi connectivity index (χ4n) is 1.91. The van der Waals surface area contributed by atoms with Gasteiger partial charge in [-0.05, 0) is 36.3 Å². The van der Waals surface area contributed by atoms with Gasteiger partial charge >= 0.3 is 0 Å². The van der Waals surface area contributed by atoms with Crippen LogP contribution in [0, 0.1) is 0 Å². The van der Waals surface area contributed by atoms with Crippen LogP contribution in [0.3, 0.4) is 0 Å². The fourth-order valence-corrected chi connectivity index (χ4v) is 3.83. The van der Waals surface area contributed by atoms with E-state index in [0.717, 1.165) is 15.7 Å². The quantitative estimate of drug-likeness (QED) is 0.458. The van der Waals surface area contributed by atoms with Crippen molar-refractivity contribution < 1.29 is 9.16 Å². The topological polar surface area (TPSA) is 47.1 Å². The average Bonchev–Trinajstić information content (AvgIpc) is 2.98. The van der Waals surface area contributed by atoms with E-state index in [4.69, 9.17) is 20.8 Å². The molecule has 2 rings (SSSR count). The highest BCUT2D eigenvalue weighted by molar-refractivity contribution is 9.10. The van der Waals surface area contributed by atoms with Gasteiger partial charge in [0.2, 0.25) is 0 Å². The normalized spacial score (nSPS) is 12.5. The van der Waals surface area contributed by atoms with Crippen molar-refractivity contribution in [3.63, 3.8) is 0 Å². The lowest BCUT2D eigenvalue weighted by molar-refractivity contribution is 0.203. The van der Waals surface area contributed by atoms with Crippen molar-refractivity contribution >= 4 is 35.8 Å². The Morgan fingerprint density at radius 3 is 2.54 bits per heavy atom. The van der Waals surface area contributed by atoms with Gasteiger partial charge in [-0.1, -0.05) is 48.3 Å². The Bertz CT molecular complexity index is 685. The van der Waals surface area contributed by atoms with E-state index in [2.05, 4.69) is 60.0 Å². The molecule has 24 heavy (non-hydrogen) atoms. The molecule has 0 unspecified atom stereocenters. The zero-order valence-corrected chi connectivity index (χ0v) is 18.1. The van der Waals surface area contributed by atoms with Gasteiger partial charge in [0.25, 0.3) is 0 Å². The van der Waals surface area contributed by atoms with Crippen LogP contribution in [0.15, 0.2) is 28.9 Å². The first-order chi connectivity index (χ1) is 11.1. The molecule has 0 amide bonds. The second-order valence-electron chi connectivity index (χ2n) is 7.18. The van der Waals surface area contributed by atoms with E-state index < -0.39 is 8.32 Å². The van der Waals surface area contributed by atoms with Crippen LogP contribution >= 0.6 is 27.5 Å². The lowest BCUT2D eigenvalue weighted by Gasteiger charge is -2.36. The molecular weight excluding hydrogens is 408 g/mol. The van der Waals surface area contributed by atoms with E-state index in [0.29, 0.717) is 24.0 Å². The molecule has 1 heterocycles. The molecule has 2 aromatic rings. The summed E-state index contributed by atoms with van der Waals surface area (Å²) in [5, 5.41) is 7.77. The maximum atomic E-state index is 6.29. The van der Waals surface area contributed by atoms with Crippen LogP contribution in [-0.2, 0) is 4.43 Å². The number of nitrogens with one attached hydrogen (secondary N) is 1. The highest BCUT2D eigenvalue weighted by Gasteiger charge is 2.36. The number of halogens is 2. The fraction of sp³-hybridized carbons (Fsp3) is 0.471. The smallest absolute Gasteiger partial charge is 0.192 e. The molecular formula is C17H24BrClN2O2Si. The maximum Gasteiger partial charge on any atom is 0.192 e. The molecule has 0 aliphatic rings. The molecule has 132 valence electrons. The molecule has 1 aromatic heterocycles. The largest absolute Gasteiger partial charge is 0.490 e. The predicted octanol–water partition coefficient (Wildman–Crippen LogP) is 5.89. The minimum Gasteiger partial charge on any atom is -0.490 e. The summed E-state index contributed by atoms with van der Waals surface area (Å²) in [6.45, 7) is 12.2. The van der Waals surface area contributed by atoms with Crippen molar-refractivity contribution in [3.05, 3.63) is 33.9 Å². The molecule has 0 saturated carbocycles. The summed E-state index contributed by atoms with van der Waals surface area (Å²) in [5.74, 6) is 0.636. The number of rotatable bonds is 6. The van der Waals surface area contributed by atoms with Crippen LogP contribution in [0.2, 0.25) is 23.2 Å². The molecule has 0 spiro atoms. The van der Waals surface area contributed by atoms with E-state index in [1.807, 2.05) is 18.2 Å². The van der Waals surface area contributed by atoms with Gasteiger partial charge in [0.1, 0.15) is 12.4 Å². The molecule has 4 nitrogen and oxygen atoms in total. The number of ether oxygens (including phenoxy) is 1. The van der Waals surface area contributed by atoms with Crippen molar-refractivity contribution in [1.29, 1.82) is 0 Å². The van der Waals surface area contributed by atoms with Crippen molar-refractivity contribution in [2.75, 3.05) is 13.2 Å². The first-order valence-electron chi connectivity index (χ1n) is 7.88. The van der Waals surface area contributed by atoms with Crippen molar-refractivity contribution in [2.24, 2.45) is 0 Å². The lowest BCUT2D eigenvalue weighted by atomic mass is 10.1. The predicted molar refractivity (Wildman–Crippen MR) is 105 cm³/mol. The maximum absolute atomic E-state index is 6.29. The van der Waals surface area contributed by atoms with E-state index >= 15 is 0 Å². The van der Waals surface area contributed by atoms with E-state index in [1.165, 1.54) is 0 Å². The first kappa shape index (κ1) is 19.5. The Hall–Kier alpha value is -0.823. The Balaban J connectivity index is 2.02. The third-order valence-corrected chi connectivity index (χ3v) is 9.90. The van der Waals surface area contributed by atoms with Crippen molar-refractivity contribution in [3.8, 4) is 17.0 Å². The van der Waals surface area contributed by atoms with Crippen molar-refractivity contribution in [1.82, 2.24) is 10.2 Å². The molecule has 1 aromatic carbocycles. The Morgan fingerprint density at radius 1 is 1.25 bits per heavy atom. The Labute approximate surface area is 158 Å². The average molecular weight is 432 g/mol. The number of benzene rings is 1. The monoisotopic (exact) mass is 430 g/mol. The van der Waals surface area contributed by atoms with Crippen LogP contribution < -0.4 is 4.74 Å². The number of hydrogen-bond donors (Lipinski definition) is 1. The summed E-state index contributed by atoms with van der Waals surface area (Å²) >= 11 is 9.81. The molecule has 1 N–H and O–H groups in total. The van der Waals surface area contributed by atoms with E-state index in [1.54, 1.807) is 6.20 Å². The summed E-state index contributed by atoms with van der Waals surface area (Å²) in [6, 6.07) is 5.63. The molecule has 0 saturated heterocycles. The third-order valence-electron chi connectivity index (χ3n) is 4.41. The molecule has 0 aliphatic carbocycles. The molecule has 0 radical (unpaired) electrons. The van der Waals surface area contributed by atoms with Gasteiger partial charge in [-0.2, -0.15) is 5.10 Å². The van der Waals surface area contributed by atoms with E-state index in [9.17, 15) is 0 Å². The van der Waals surface area contributed by atoms with Gasteiger partial charge in [0.05, 0.1) is 17.3 Å². The number of hydrogen-bond acceptors (Lipinski definition) is 3. The second kappa shape index (κ2) is 7.60. The molecule has 7 heteroatoms. The molecule has 0 fully saturated rings. The number of nitrogens with zero attached hydrogens (tertiary/aromatic N) is 1. The Kier molecular flexibility index (Phi) is 6.17. The molecule has 0 atom stereocenters. The summed E-state index contributed by atoms with van der Waals surface area (Å²) in [5.41, 5.74) is 1.77. The Morgan fingerprint density at radius 2 is 1.96 bits per heavy atom. The number of aromatic amines is 1. The van der Waals surface area contributed by atoms with Crippen LogP contribution in [-0.4, -0.2) is 31.7 Å². The minimum absolute atomic E-state index is 0.190. The van der Waals surface area contributed by atoms with Gasteiger partial charge in [-0.15, -0.1) is 0 Å². The van der Waals surface area contributed by atoms with Gasteiger partial charge < -0.3 is 9.16 Å². The van der Waals surface area contributed by atoms with Crippen molar-refractivity contribution in [2.45, 2.75) is 38.9 Å². The van der Waals surface area contributed by atoms with Gasteiger partial charge in [-0.3, -0.25) is 5.10 Å². The van der Waals surface area contributed by atoms with E-state index in [-0.39, 0.29) is 5.04 Å². The number of H-pyrrole nitrogens is 1. The highest BCUT2D eigenvalue weighted by Crippen LogP contribution is 2.37. The zero-order valence-electron chi connectivity index (χ0n) is 14.7.